The van der Waals surface area contributed by atoms with Crippen LogP contribution in [-0.2, 0) is 0 Å². The third kappa shape index (κ3) is 2.34. The summed E-state index contributed by atoms with van der Waals surface area (Å²) < 4.78 is 0. The van der Waals surface area contributed by atoms with Gasteiger partial charge in [-0.3, -0.25) is 0 Å². The van der Waals surface area contributed by atoms with E-state index in [2.05, 4.69) is 34.5 Å². The predicted molar refractivity (Wildman–Crippen MR) is 68.5 cm³/mol. The average molecular weight is 212 g/mol. The first-order chi connectivity index (χ1) is 7.77. The van der Waals surface area contributed by atoms with Crippen molar-refractivity contribution in [3.63, 3.8) is 0 Å². The molecule has 0 fully saturated rings. The largest absolute Gasteiger partial charge is 0.376 e. The minimum absolute atomic E-state index is 1.12. The zero-order chi connectivity index (χ0) is 11.4. The summed E-state index contributed by atoms with van der Waals surface area (Å²) in [7, 11) is 4.09. The second-order valence-electron chi connectivity index (χ2n) is 3.92. The van der Waals surface area contributed by atoms with Crippen LogP contribution in [0.15, 0.2) is 60.1 Å². The Morgan fingerprint density at radius 1 is 1.12 bits per heavy atom. The van der Waals surface area contributed by atoms with Gasteiger partial charge in [0.15, 0.2) is 0 Å². The number of nitrogens with one attached hydrogen (secondary N) is 1. The van der Waals surface area contributed by atoms with Crippen molar-refractivity contribution in [2.45, 2.75) is 0 Å². The molecule has 1 aliphatic heterocycles. The van der Waals surface area contributed by atoms with Gasteiger partial charge in [0.25, 0.3) is 0 Å². The Bertz CT molecular complexity index is 439. The molecule has 1 heterocycles. The lowest BCUT2D eigenvalue weighted by molar-refractivity contribution is 0.515. The van der Waals surface area contributed by atoms with Crippen LogP contribution >= 0.6 is 0 Å². The number of nitrogens with zero attached hydrogens (tertiary/aromatic N) is 1. The van der Waals surface area contributed by atoms with Gasteiger partial charge in [-0.25, -0.2) is 0 Å². The van der Waals surface area contributed by atoms with Crippen LogP contribution in [0.3, 0.4) is 0 Å². The van der Waals surface area contributed by atoms with Crippen molar-refractivity contribution >= 4 is 6.08 Å². The van der Waals surface area contributed by atoms with Crippen molar-refractivity contribution in [1.29, 1.82) is 0 Å². The summed E-state index contributed by atoms with van der Waals surface area (Å²) in [6, 6.07) is 10.3. The second kappa shape index (κ2) is 4.71. The van der Waals surface area contributed by atoms with Crippen LogP contribution in [0.25, 0.3) is 6.08 Å². The van der Waals surface area contributed by atoms with Gasteiger partial charge in [-0.05, 0) is 23.8 Å². The molecule has 0 amide bonds. The Labute approximate surface area is 96.6 Å². The van der Waals surface area contributed by atoms with Crippen molar-refractivity contribution in [2.75, 3.05) is 14.1 Å². The minimum atomic E-state index is 1.12. The van der Waals surface area contributed by atoms with E-state index in [0.29, 0.717) is 0 Å². The van der Waals surface area contributed by atoms with Crippen LogP contribution in [0.1, 0.15) is 5.56 Å². The molecule has 0 unspecified atom stereocenters. The molecular formula is C14H16N2. The van der Waals surface area contributed by atoms with Crippen LogP contribution in [0.5, 0.6) is 0 Å². The van der Waals surface area contributed by atoms with E-state index in [9.17, 15) is 0 Å². The van der Waals surface area contributed by atoms with Crippen molar-refractivity contribution < 1.29 is 0 Å². The molecule has 0 spiro atoms. The van der Waals surface area contributed by atoms with Crippen LogP contribution in [0.4, 0.5) is 0 Å². The smallest absolute Gasteiger partial charge is 0.0623 e. The zero-order valence-electron chi connectivity index (χ0n) is 9.64. The van der Waals surface area contributed by atoms with E-state index in [1.54, 1.807) is 0 Å². The maximum absolute atomic E-state index is 3.27. The molecule has 2 nitrogen and oxygen atoms in total. The summed E-state index contributed by atoms with van der Waals surface area (Å²) in [6.07, 6.45) is 8.21. The first-order valence-electron chi connectivity index (χ1n) is 5.35. The third-order valence-electron chi connectivity index (χ3n) is 2.46. The quantitative estimate of drug-likeness (QED) is 0.810. The van der Waals surface area contributed by atoms with Gasteiger partial charge in [-0.2, -0.15) is 0 Å². The Hall–Kier alpha value is -1.96. The molecule has 1 N–H and O–H groups in total. The maximum Gasteiger partial charge on any atom is 0.0623 e. The van der Waals surface area contributed by atoms with Gasteiger partial charge in [0.2, 0.25) is 0 Å². The molecule has 1 aliphatic rings. The predicted octanol–water partition coefficient (Wildman–Crippen LogP) is 2.59. The van der Waals surface area contributed by atoms with E-state index in [-0.39, 0.29) is 0 Å². The Kier molecular flexibility index (Phi) is 3.10. The molecule has 82 valence electrons. The van der Waals surface area contributed by atoms with Gasteiger partial charge in [-0.1, -0.05) is 30.3 Å². The van der Waals surface area contributed by atoms with E-state index in [1.165, 1.54) is 11.3 Å². The minimum Gasteiger partial charge on any atom is -0.376 e. The monoisotopic (exact) mass is 212 g/mol. The summed E-state index contributed by atoms with van der Waals surface area (Å²) in [5.41, 5.74) is 3.51. The molecule has 2 rings (SSSR count). The molecule has 1 aromatic rings. The summed E-state index contributed by atoms with van der Waals surface area (Å²) in [5.74, 6) is 0. The number of hydrogen-bond donors (Lipinski definition) is 1. The summed E-state index contributed by atoms with van der Waals surface area (Å²) >= 11 is 0. The molecule has 0 radical (unpaired) electrons. The number of benzene rings is 1. The van der Waals surface area contributed by atoms with Gasteiger partial charge in [0.1, 0.15) is 0 Å². The highest BCUT2D eigenvalue weighted by Gasteiger charge is 2.07. The van der Waals surface area contributed by atoms with Crippen molar-refractivity contribution in [3.8, 4) is 0 Å². The third-order valence-corrected chi connectivity index (χ3v) is 2.46. The molecule has 0 bridgehead atoms. The lowest BCUT2D eigenvalue weighted by atomic mass is 10.1. The van der Waals surface area contributed by atoms with Gasteiger partial charge in [0, 0.05) is 20.3 Å². The summed E-state index contributed by atoms with van der Waals surface area (Å²) in [6.45, 7) is 0. The van der Waals surface area contributed by atoms with E-state index in [4.69, 9.17) is 0 Å². The highest BCUT2D eigenvalue weighted by atomic mass is 15.1. The fraction of sp³-hybridized carbons (Fsp3) is 0.143. The Morgan fingerprint density at radius 3 is 2.56 bits per heavy atom. The van der Waals surface area contributed by atoms with Crippen LogP contribution in [-0.4, -0.2) is 19.0 Å². The van der Waals surface area contributed by atoms with Gasteiger partial charge < -0.3 is 10.2 Å². The first-order valence-corrected chi connectivity index (χ1v) is 5.35. The van der Waals surface area contributed by atoms with Crippen LogP contribution in [0.2, 0.25) is 0 Å². The molecule has 2 heteroatoms. The average Bonchev–Trinajstić information content (AvgIpc) is 2.31. The van der Waals surface area contributed by atoms with E-state index in [0.717, 1.165) is 5.70 Å². The topological polar surface area (TPSA) is 15.3 Å². The normalized spacial score (nSPS) is 16.9. The Morgan fingerprint density at radius 2 is 1.88 bits per heavy atom. The van der Waals surface area contributed by atoms with Crippen LogP contribution < -0.4 is 5.32 Å². The fourth-order valence-corrected chi connectivity index (χ4v) is 1.66. The molecule has 16 heavy (non-hydrogen) atoms. The lowest BCUT2D eigenvalue weighted by Gasteiger charge is -2.22. The lowest BCUT2D eigenvalue weighted by Crippen LogP contribution is -2.21. The number of hydrogen-bond acceptors (Lipinski definition) is 2. The standard InChI is InChI=1S/C14H16N2/c1-16(2)14-9-6-10-15-13(14)11-12-7-4-3-5-8-12/h3-11,15H,1-2H3. The van der Waals surface area contributed by atoms with Crippen molar-refractivity contribution in [1.82, 2.24) is 10.2 Å². The Balaban J connectivity index is 2.31. The molecule has 0 saturated heterocycles. The molecule has 0 saturated carbocycles. The van der Waals surface area contributed by atoms with Crippen molar-refractivity contribution in [2.24, 2.45) is 0 Å². The number of dihydropyridines is 1. The van der Waals surface area contributed by atoms with E-state index >= 15 is 0 Å². The highest BCUT2D eigenvalue weighted by Crippen LogP contribution is 2.16. The molecule has 0 aromatic heterocycles. The first kappa shape index (κ1) is 10.6. The molecule has 1 aromatic carbocycles. The van der Waals surface area contributed by atoms with E-state index in [1.807, 2.05) is 44.6 Å². The number of likely N-dealkylation sites (N-methyl/N-ethyl adjacent to an activating group) is 1. The van der Waals surface area contributed by atoms with Crippen molar-refractivity contribution in [3.05, 3.63) is 65.6 Å². The van der Waals surface area contributed by atoms with Gasteiger partial charge in [0.05, 0.1) is 11.4 Å². The molecule has 0 aliphatic carbocycles. The summed E-state index contributed by atoms with van der Waals surface area (Å²) in [5, 5.41) is 3.27. The SMILES string of the molecule is CN(C)C1=CC=CNC1=Cc1ccccc1. The number of rotatable bonds is 2. The second-order valence-corrected chi connectivity index (χ2v) is 3.92. The fourth-order valence-electron chi connectivity index (χ4n) is 1.66. The highest BCUT2D eigenvalue weighted by molar-refractivity contribution is 5.58. The zero-order valence-corrected chi connectivity index (χ0v) is 9.64. The molecular weight excluding hydrogens is 196 g/mol. The summed E-state index contributed by atoms with van der Waals surface area (Å²) in [4.78, 5) is 2.10. The number of allylic oxidation sites excluding steroid dienone is 2. The van der Waals surface area contributed by atoms with Crippen LogP contribution in [0, 0.1) is 0 Å². The van der Waals surface area contributed by atoms with Gasteiger partial charge in [-0.15, -0.1) is 0 Å². The van der Waals surface area contributed by atoms with Gasteiger partial charge >= 0.3 is 0 Å². The van der Waals surface area contributed by atoms with E-state index < -0.39 is 0 Å². The maximum atomic E-state index is 3.27. The molecule has 0 atom stereocenters.